The number of amidine groups is 1. The minimum Gasteiger partial charge on any atom is -0.409 e. The zero-order valence-electron chi connectivity index (χ0n) is 10.2. The molecule has 0 radical (unpaired) electrons. The molecule has 1 aliphatic rings. The monoisotopic (exact) mass is 326 g/mol. The van der Waals surface area contributed by atoms with Gasteiger partial charge in [-0.2, -0.15) is 0 Å². The predicted octanol–water partition coefficient (Wildman–Crippen LogP) is 1.49. The van der Waals surface area contributed by atoms with Gasteiger partial charge in [0.1, 0.15) is 11.5 Å². The minimum atomic E-state index is -0.255. The zero-order valence-corrected chi connectivity index (χ0v) is 11.8. The van der Waals surface area contributed by atoms with E-state index in [0.29, 0.717) is 10.2 Å². The number of hydrogen-bond donors (Lipinski definition) is 3. The highest BCUT2D eigenvalue weighted by Crippen LogP contribution is 2.26. The first kappa shape index (κ1) is 13.8. The number of hydrogen-bond acceptors (Lipinski definition) is 4. The number of nitrogens with one attached hydrogen (secondary N) is 1. The van der Waals surface area contributed by atoms with Crippen molar-refractivity contribution >= 4 is 27.7 Å². The van der Waals surface area contributed by atoms with Gasteiger partial charge in [-0.25, -0.2) is 4.98 Å². The van der Waals surface area contributed by atoms with Crippen molar-refractivity contribution in [2.45, 2.75) is 25.3 Å². The third kappa shape index (κ3) is 3.04. The zero-order chi connectivity index (χ0) is 13.8. The van der Waals surface area contributed by atoms with Gasteiger partial charge in [0.25, 0.3) is 5.91 Å². The van der Waals surface area contributed by atoms with Gasteiger partial charge in [0.2, 0.25) is 0 Å². The molecular formula is C12H15BrN4O2. The third-order valence-corrected chi connectivity index (χ3v) is 3.94. The van der Waals surface area contributed by atoms with Crippen LogP contribution in [-0.2, 0) is 0 Å². The first-order valence-corrected chi connectivity index (χ1v) is 6.81. The van der Waals surface area contributed by atoms with E-state index in [2.05, 4.69) is 31.4 Å². The molecule has 19 heavy (non-hydrogen) atoms. The molecule has 1 aliphatic carbocycles. The molecule has 102 valence electrons. The van der Waals surface area contributed by atoms with E-state index in [1.807, 2.05) is 0 Å². The second kappa shape index (κ2) is 6.01. The van der Waals surface area contributed by atoms with Crippen molar-refractivity contribution in [2.75, 3.05) is 0 Å². The first-order valence-electron chi connectivity index (χ1n) is 6.02. The van der Waals surface area contributed by atoms with Gasteiger partial charge in [0.15, 0.2) is 0 Å². The van der Waals surface area contributed by atoms with Crippen molar-refractivity contribution in [3.63, 3.8) is 0 Å². The van der Waals surface area contributed by atoms with E-state index in [1.165, 1.54) is 0 Å². The number of nitrogens with two attached hydrogens (primary N) is 1. The second-order valence-electron chi connectivity index (χ2n) is 4.48. The number of amides is 1. The fraction of sp³-hybridized carbons (Fsp3) is 0.417. The second-order valence-corrected chi connectivity index (χ2v) is 5.33. The molecule has 2 unspecified atom stereocenters. The third-order valence-electron chi connectivity index (χ3n) is 3.30. The summed E-state index contributed by atoms with van der Waals surface area (Å²) < 4.78 is 0.644. The van der Waals surface area contributed by atoms with Gasteiger partial charge in [-0.05, 0) is 40.9 Å². The van der Waals surface area contributed by atoms with Gasteiger partial charge in [-0.1, -0.05) is 11.6 Å². The lowest BCUT2D eigenvalue weighted by Gasteiger charge is -2.19. The highest BCUT2D eigenvalue weighted by molar-refractivity contribution is 9.10. The van der Waals surface area contributed by atoms with Gasteiger partial charge in [-0.3, -0.25) is 4.79 Å². The molecule has 7 heteroatoms. The molecule has 1 heterocycles. The van der Waals surface area contributed by atoms with Crippen molar-refractivity contribution in [3.05, 3.63) is 28.5 Å². The van der Waals surface area contributed by atoms with Gasteiger partial charge < -0.3 is 16.3 Å². The van der Waals surface area contributed by atoms with E-state index < -0.39 is 0 Å². The SMILES string of the molecule is N/C(=N/O)C1CCCC1NC(=O)c1ncccc1Br. The molecular weight excluding hydrogens is 312 g/mol. The fourth-order valence-corrected chi connectivity index (χ4v) is 2.79. The predicted molar refractivity (Wildman–Crippen MR) is 73.9 cm³/mol. The van der Waals surface area contributed by atoms with Crippen molar-refractivity contribution < 1.29 is 10.0 Å². The highest BCUT2D eigenvalue weighted by Gasteiger charge is 2.32. The largest absolute Gasteiger partial charge is 0.409 e. The smallest absolute Gasteiger partial charge is 0.271 e. The normalized spacial score (nSPS) is 23.3. The standard InChI is InChI=1S/C12H15BrN4O2/c13-8-4-2-6-15-10(8)12(18)16-9-5-1-3-7(9)11(14)17-19/h2,4,6-7,9,19H,1,3,5H2,(H2,14,17)(H,16,18). The van der Waals surface area contributed by atoms with E-state index in [-0.39, 0.29) is 23.7 Å². The van der Waals surface area contributed by atoms with E-state index in [4.69, 9.17) is 10.9 Å². The summed E-state index contributed by atoms with van der Waals surface area (Å²) in [5, 5.41) is 14.7. The summed E-state index contributed by atoms with van der Waals surface area (Å²) in [7, 11) is 0. The highest BCUT2D eigenvalue weighted by atomic mass is 79.9. The Balaban J connectivity index is 2.09. The van der Waals surface area contributed by atoms with Crippen molar-refractivity contribution in [1.82, 2.24) is 10.3 Å². The molecule has 0 bridgehead atoms. The Labute approximate surface area is 119 Å². The molecule has 1 fully saturated rings. The number of pyridine rings is 1. The number of nitrogens with zero attached hydrogens (tertiary/aromatic N) is 2. The summed E-state index contributed by atoms with van der Waals surface area (Å²) >= 11 is 3.29. The van der Waals surface area contributed by atoms with Crippen LogP contribution in [0.3, 0.4) is 0 Å². The molecule has 2 rings (SSSR count). The molecule has 2 atom stereocenters. The molecule has 6 nitrogen and oxygen atoms in total. The maximum absolute atomic E-state index is 12.1. The van der Waals surface area contributed by atoms with Gasteiger partial charge in [0.05, 0.1) is 0 Å². The molecule has 0 aromatic carbocycles. The van der Waals surface area contributed by atoms with Crippen LogP contribution in [0.2, 0.25) is 0 Å². The van der Waals surface area contributed by atoms with Crippen molar-refractivity contribution in [3.8, 4) is 0 Å². The number of halogens is 1. The maximum Gasteiger partial charge on any atom is 0.271 e. The lowest BCUT2D eigenvalue weighted by atomic mass is 10.0. The summed E-state index contributed by atoms with van der Waals surface area (Å²) in [5.74, 6) is -0.200. The van der Waals surface area contributed by atoms with E-state index in [1.54, 1.807) is 18.3 Å². The van der Waals surface area contributed by atoms with Crippen LogP contribution in [0.4, 0.5) is 0 Å². The van der Waals surface area contributed by atoms with Crippen molar-refractivity contribution in [2.24, 2.45) is 16.8 Å². The van der Waals surface area contributed by atoms with Gasteiger partial charge in [0, 0.05) is 22.6 Å². The van der Waals surface area contributed by atoms with Crippen molar-refractivity contribution in [1.29, 1.82) is 0 Å². The molecule has 0 aliphatic heterocycles. The number of rotatable bonds is 3. The molecule has 1 aromatic heterocycles. The minimum absolute atomic E-state index is 0.114. The van der Waals surface area contributed by atoms with E-state index >= 15 is 0 Å². The molecule has 1 amide bonds. The van der Waals surface area contributed by atoms with E-state index in [0.717, 1.165) is 19.3 Å². The lowest BCUT2D eigenvalue weighted by Crippen LogP contribution is -2.42. The topological polar surface area (TPSA) is 101 Å². The van der Waals surface area contributed by atoms with Crippen LogP contribution < -0.4 is 11.1 Å². The summed E-state index contributed by atoms with van der Waals surface area (Å²) in [6, 6.07) is 3.39. The maximum atomic E-state index is 12.1. The lowest BCUT2D eigenvalue weighted by molar-refractivity contribution is 0.0927. The number of aromatic nitrogens is 1. The Bertz CT molecular complexity index is 506. The Morgan fingerprint density at radius 2 is 2.37 bits per heavy atom. The van der Waals surface area contributed by atoms with Crippen LogP contribution >= 0.6 is 15.9 Å². The number of carbonyl (C=O) groups excluding carboxylic acids is 1. The van der Waals surface area contributed by atoms with Gasteiger partial charge >= 0.3 is 0 Å². The van der Waals surface area contributed by atoms with Crippen LogP contribution in [0.15, 0.2) is 28.0 Å². The number of oxime groups is 1. The fourth-order valence-electron chi connectivity index (χ4n) is 2.35. The summed E-state index contributed by atoms with van der Waals surface area (Å²) in [6.45, 7) is 0. The Morgan fingerprint density at radius 3 is 3.05 bits per heavy atom. The molecule has 0 saturated heterocycles. The van der Waals surface area contributed by atoms with Crippen LogP contribution in [-0.4, -0.2) is 28.0 Å². The molecule has 4 N–H and O–H groups in total. The summed E-state index contributed by atoms with van der Waals surface area (Å²) in [6.07, 6.45) is 4.13. The van der Waals surface area contributed by atoms with Crippen LogP contribution in [0.5, 0.6) is 0 Å². The van der Waals surface area contributed by atoms with Gasteiger partial charge in [-0.15, -0.1) is 0 Å². The van der Waals surface area contributed by atoms with Crippen LogP contribution in [0, 0.1) is 5.92 Å². The number of carbonyl (C=O) groups is 1. The molecule has 1 saturated carbocycles. The molecule has 0 spiro atoms. The molecule has 1 aromatic rings. The Morgan fingerprint density at radius 1 is 1.58 bits per heavy atom. The first-order chi connectivity index (χ1) is 9.13. The average Bonchev–Trinajstić information content (AvgIpc) is 2.86. The summed E-state index contributed by atoms with van der Waals surface area (Å²) in [4.78, 5) is 16.2. The van der Waals surface area contributed by atoms with E-state index in [9.17, 15) is 4.79 Å². The summed E-state index contributed by atoms with van der Waals surface area (Å²) in [5.41, 5.74) is 5.98. The van der Waals surface area contributed by atoms with Crippen LogP contribution in [0.25, 0.3) is 0 Å². The Kier molecular flexibility index (Phi) is 4.36. The average molecular weight is 327 g/mol. The quantitative estimate of drug-likeness (QED) is 0.339. The Hall–Kier alpha value is -1.63. The van der Waals surface area contributed by atoms with Crippen LogP contribution in [0.1, 0.15) is 29.8 Å².